The van der Waals surface area contributed by atoms with Crippen LogP contribution in [0.15, 0.2) is 29.4 Å². The van der Waals surface area contributed by atoms with E-state index >= 15 is 0 Å². The van der Waals surface area contributed by atoms with E-state index in [1.165, 1.54) is 12.3 Å². The van der Waals surface area contributed by atoms with Crippen molar-refractivity contribution in [1.29, 1.82) is 0 Å². The topological polar surface area (TPSA) is 79.6 Å². The summed E-state index contributed by atoms with van der Waals surface area (Å²) < 4.78 is 0. The number of benzene rings is 1. The smallest absolute Gasteiger partial charge is 0.278 e. The Morgan fingerprint density at radius 2 is 2.29 bits per heavy atom. The van der Waals surface area contributed by atoms with Crippen molar-refractivity contribution in [2.45, 2.75) is 6.92 Å². The number of thiocarbonyl (C=S) groups is 1. The third-order valence-corrected chi connectivity index (χ3v) is 2.08. The summed E-state index contributed by atoms with van der Waals surface area (Å²) in [5, 5.41) is 17.7. The number of nitrogens with zero attached hydrogens (tertiary/aromatic N) is 2. The van der Waals surface area contributed by atoms with Gasteiger partial charge in [-0.25, -0.2) is 0 Å². The van der Waals surface area contributed by atoms with Crippen molar-refractivity contribution in [2.75, 3.05) is 6.54 Å². The fraction of sp³-hybridized carbons (Fsp3) is 0.200. The van der Waals surface area contributed by atoms with E-state index in [1.54, 1.807) is 18.2 Å². The maximum atomic E-state index is 10.7. The van der Waals surface area contributed by atoms with Gasteiger partial charge in [-0.1, -0.05) is 12.1 Å². The zero-order valence-corrected chi connectivity index (χ0v) is 10.0. The van der Waals surface area contributed by atoms with Crippen molar-refractivity contribution in [1.82, 2.24) is 10.7 Å². The van der Waals surface area contributed by atoms with E-state index in [0.29, 0.717) is 17.2 Å². The molecule has 2 N–H and O–H groups in total. The van der Waals surface area contributed by atoms with Gasteiger partial charge in [-0.3, -0.25) is 15.5 Å². The second-order valence-electron chi connectivity index (χ2n) is 3.05. The fourth-order valence-electron chi connectivity index (χ4n) is 1.12. The molecule has 0 unspecified atom stereocenters. The minimum atomic E-state index is -0.454. The second-order valence-corrected chi connectivity index (χ2v) is 3.45. The van der Waals surface area contributed by atoms with Crippen LogP contribution in [0, 0.1) is 10.1 Å². The molecule has 7 heteroatoms. The molecule has 17 heavy (non-hydrogen) atoms. The van der Waals surface area contributed by atoms with Gasteiger partial charge in [0.15, 0.2) is 5.11 Å². The molecular formula is C10H12N4O2S. The van der Waals surface area contributed by atoms with Gasteiger partial charge < -0.3 is 5.32 Å². The van der Waals surface area contributed by atoms with Gasteiger partial charge in [-0.05, 0) is 25.2 Å². The standard InChI is InChI=1S/C10H12N4O2S/c1-2-11-10(17)13-12-7-8-5-3-4-6-9(8)14(15)16/h3-7H,2H2,1H3,(H2,11,13,17)/b12-7-. The van der Waals surface area contributed by atoms with Crippen molar-refractivity contribution < 1.29 is 4.92 Å². The van der Waals surface area contributed by atoms with E-state index in [1.807, 2.05) is 6.92 Å². The molecule has 6 nitrogen and oxygen atoms in total. The number of rotatable bonds is 4. The quantitative estimate of drug-likeness (QED) is 0.366. The Labute approximate surface area is 104 Å². The highest BCUT2D eigenvalue weighted by Gasteiger charge is 2.09. The second kappa shape index (κ2) is 6.54. The molecule has 0 saturated heterocycles. The molecule has 90 valence electrons. The van der Waals surface area contributed by atoms with Crippen molar-refractivity contribution in [3.05, 3.63) is 39.9 Å². The van der Waals surface area contributed by atoms with Crippen LogP contribution < -0.4 is 10.7 Å². The van der Waals surface area contributed by atoms with Crippen molar-refractivity contribution in [3.63, 3.8) is 0 Å². The average Bonchev–Trinajstić information content (AvgIpc) is 2.30. The molecule has 1 rings (SSSR count). The number of nitrogens with one attached hydrogen (secondary N) is 2. The molecular weight excluding hydrogens is 240 g/mol. The first-order valence-electron chi connectivity index (χ1n) is 4.95. The van der Waals surface area contributed by atoms with Gasteiger partial charge in [-0.2, -0.15) is 5.10 Å². The van der Waals surface area contributed by atoms with Crippen LogP contribution in [0.25, 0.3) is 0 Å². The highest BCUT2D eigenvalue weighted by molar-refractivity contribution is 7.80. The zero-order chi connectivity index (χ0) is 12.7. The molecule has 0 fully saturated rings. The number of nitro benzene ring substituents is 1. The van der Waals surface area contributed by atoms with Crippen molar-refractivity contribution >= 4 is 29.2 Å². The molecule has 0 saturated carbocycles. The zero-order valence-electron chi connectivity index (χ0n) is 9.21. The van der Waals surface area contributed by atoms with Crippen LogP contribution in [0.4, 0.5) is 5.69 Å². The molecule has 0 bridgehead atoms. The molecule has 1 aromatic rings. The SMILES string of the molecule is CCNC(=S)N/N=C\c1ccccc1[N+](=O)[O-]. The first kappa shape index (κ1) is 13.0. The van der Waals surface area contributed by atoms with E-state index in [2.05, 4.69) is 15.8 Å². The van der Waals surface area contributed by atoms with Gasteiger partial charge in [-0.15, -0.1) is 0 Å². The highest BCUT2D eigenvalue weighted by Crippen LogP contribution is 2.14. The largest absolute Gasteiger partial charge is 0.362 e. The summed E-state index contributed by atoms with van der Waals surface area (Å²) >= 11 is 4.88. The number of para-hydroxylation sites is 1. The molecule has 0 atom stereocenters. The summed E-state index contributed by atoms with van der Waals surface area (Å²) in [5.74, 6) is 0. The molecule has 0 aliphatic rings. The lowest BCUT2D eigenvalue weighted by Gasteiger charge is -2.02. The average molecular weight is 252 g/mol. The Morgan fingerprint density at radius 3 is 2.94 bits per heavy atom. The molecule has 0 heterocycles. The van der Waals surface area contributed by atoms with Gasteiger partial charge >= 0.3 is 0 Å². The lowest BCUT2D eigenvalue weighted by Crippen LogP contribution is -2.31. The summed E-state index contributed by atoms with van der Waals surface area (Å²) in [6.07, 6.45) is 1.36. The highest BCUT2D eigenvalue weighted by atomic mass is 32.1. The molecule has 0 aromatic heterocycles. The summed E-state index contributed by atoms with van der Waals surface area (Å²) in [6.45, 7) is 2.59. The van der Waals surface area contributed by atoms with E-state index in [0.717, 1.165) is 0 Å². The summed E-state index contributed by atoms with van der Waals surface area (Å²) in [5.41, 5.74) is 2.99. The Bertz CT molecular complexity index is 448. The van der Waals surface area contributed by atoms with Crippen LogP contribution in [0.3, 0.4) is 0 Å². The normalized spacial score (nSPS) is 10.2. The van der Waals surface area contributed by atoms with Gasteiger partial charge in [0.2, 0.25) is 0 Å². The Hall–Kier alpha value is -2.02. The molecule has 0 aliphatic carbocycles. The predicted octanol–water partition coefficient (Wildman–Crippen LogP) is 1.41. The lowest BCUT2D eigenvalue weighted by molar-refractivity contribution is -0.385. The van der Waals surface area contributed by atoms with Crippen LogP contribution in [-0.2, 0) is 0 Å². The minimum Gasteiger partial charge on any atom is -0.362 e. The number of nitro groups is 1. The lowest BCUT2D eigenvalue weighted by atomic mass is 10.2. The molecule has 0 spiro atoms. The number of hydrogen-bond acceptors (Lipinski definition) is 4. The van der Waals surface area contributed by atoms with Crippen molar-refractivity contribution in [3.8, 4) is 0 Å². The summed E-state index contributed by atoms with van der Waals surface area (Å²) in [6, 6.07) is 6.34. The maximum absolute atomic E-state index is 10.7. The van der Waals surface area contributed by atoms with E-state index < -0.39 is 4.92 Å². The van der Waals surface area contributed by atoms with Gasteiger partial charge in [0, 0.05) is 12.6 Å². The summed E-state index contributed by atoms with van der Waals surface area (Å²) in [4.78, 5) is 10.3. The van der Waals surface area contributed by atoms with Crippen LogP contribution in [0.2, 0.25) is 0 Å². The van der Waals surface area contributed by atoms with Gasteiger partial charge in [0.1, 0.15) is 0 Å². The Kier molecular flexibility index (Phi) is 5.02. The first-order chi connectivity index (χ1) is 8.15. The Morgan fingerprint density at radius 1 is 1.59 bits per heavy atom. The monoisotopic (exact) mass is 252 g/mol. The van der Waals surface area contributed by atoms with Crippen LogP contribution in [-0.4, -0.2) is 22.8 Å². The molecule has 1 aromatic carbocycles. The van der Waals surface area contributed by atoms with Crippen LogP contribution in [0.5, 0.6) is 0 Å². The number of hydrazone groups is 1. The van der Waals surface area contributed by atoms with E-state index in [9.17, 15) is 10.1 Å². The van der Waals surface area contributed by atoms with E-state index in [4.69, 9.17) is 12.2 Å². The maximum Gasteiger partial charge on any atom is 0.278 e. The Balaban J connectivity index is 2.71. The van der Waals surface area contributed by atoms with Crippen molar-refractivity contribution in [2.24, 2.45) is 5.10 Å². The third kappa shape index (κ3) is 4.15. The first-order valence-corrected chi connectivity index (χ1v) is 5.36. The van der Waals surface area contributed by atoms with Gasteiger partial charge in [0.25, 0.3) is 5.69 Å². The molecule has 0 aliphatic heterocycles. The van der Waals surface area contributed by atoms with Gasteiger partial charge in [0.05, 0.1) is 16.7 Å². The van der Waals surface area contributed by atoms with Crippen LogP contribution in [0.1, 0.15) is 12.5 Å². The predicted molar refractivity (Wildman–Crippen MR) is 70.1 cm³/mol. The summed E-state index contributed by atoms with van der Waals surface area (Å²) in [7, 11) is 0. The fourth-order valence-corrected chi connectivity index (χ4v) is 1.32. The molecule has 0 radical (unpaired) electrons. The van der Waals surface area contributed by atoms with Crippen LogP contribution >= 0.6 is 12.2 Å². The third-order valence-electron chi connectivity index (χ3n) is 1.84. The minimum absolute atomic E-state index is 0.00687. The van der Waals surface area contributed by atoms with E-state index in [-0.39, 0.29) is 5.69 Å². The number of hydrogen-bond donors (Lipinski definition) is 2. The molecule has 0 amide bonds.